The van der Waals surface area contributed by atoms with E-state index in [-0.39, 0.29) is 11.8 Å². The lowest BCUT2D eigenvalue weighted by atomic mass is 9.73. The average molecular weight is 458 g/mol. The summed E-state index contributed by atoms with van der Waals surface area (Å²) in [7, 11) is 0. The lowest BCUT2D eigenvalue weighted by molar-refractivity contribution is -0.137. The van der Waals surface area contributed by atoms with Crippen molar-refractivity contribution in [3.8, 4) is 0 Å². The number of nitrogens with one attached hydrogen (secondary N) is 1. The molecule has 0 spiro atoms. The normalized spacial score (nSPS) is 20.7. The van der Waals surface area contributed by atoms with Crippen LogP contribution in [0, 0.1) is 5.92 Å². The van der Waals surface area contributed by atoms with Gasteiger partial charge >= 0.3 is 6.18 Å². The van der Waals surface area contributed by atoms with Gasteiger partial charge in [0.15, 0.2) is 0 Å². The van der Waals surface area contributed by atoms with Gasteiger partial charge in [0.25, 0.3) is 0 Å². The Morgan fingerprint density at radius 1 is 1.00 bits per heavy atom. The van der Waals surface area contributed by atoms with Crippen LogP contribution in [0.15, 0.2) is 48.7 Å². The van der Waals surface area contributed by atoms with Crippen molar-refractivity contribution in [1.29, 1.82) is 0 Å². The molecule has 166 valence electrons. The maximum Gasteiger partial charge on any atom is 0.416 e. The summed E-state index contributed by atoms with van der Waals surface area (Å²) in [5.74, 6) is 1.95. The molecule has 1 atom stereocenters. The zero-order chi connectivity index (χ0) is 22.5. The average Bonchev–Trinajstić information content (AvgIpc) is 3.20. The summed E-state index contributed by atoms with van der Waals surface area (Å²) in [6.45, 7) is 2.20. The highest BCUT2D eigenvalue weighted by Crippen LogP contribution is 2.43. The first-order chi connectivity index (χ1) is 15.3. The molecule has 0 bridgehead atoms. The molecule has 1 saturated carbocycles. The standard InChI is InChI=1S/C25H23ClF3N3/c1-14(24-31-22-9-7-18(26)13-23(22)32-24)15-2-4-16(5-3-15)19-10-11-30-21-8-6-17(12-20(19)21)25(27,28)29/h6-16H,2-5H2,1H3,(H,31,32)/t14?,15-,16+. The van der Waals surface area contributed by atoms with Gasteiger partial charge in [-0.05, 0) is 85.5 Å². The third kappa shape index (κ3) is 3.96. The first-order valence-electron chi connectivity index (χ1n) is 10.9. The molecule has 2 heterocycles. The van der Waals surface area contributed by atoms with Crippen molar-refractivity contribution in [2.24, 2.45) is 5.92 Å². The molecule has 32 heavy (non-hydrogen) atoms. The molecule has 0 radical (unpaired) electrons. The van der Waals surface area contributed by atoms with E-state index >= 15 is 0 Å². The Bertz CT molecular complexity index is 1270. The third-order valence-electron chi connectivity index (χ3n) is 6.91. The van der Waals surface area contributed by atoms with Gasteiger partial charge in [-0.2, -0.15) is 13.2 Å². The molecule has 0 amide bonds. The highest BCUT2D eigenvalue weighted by molar-refractivity contribution is 6.31. The van der Waals surface area contributed by atoms with Gasteiger partial charge < -0.3 is 4.98 Å². The van der Waals surface area contributed by atoms with Gasteiger partial charge in [0.2, 0.25) is 0 Å². The van der Waals surface area contributed by atoms with E-state index in [1.54, 1.807) is 6.20 Å². The Morgan fingerprint density at radius 2 is 1.75 bits per heavy atom. The van der Waals surface area contributed by atoms with Crippen LogP contribution in [-0.2, 0) is 6.18 Å². The number of aromatic nitrogens is 3. The predicted molar refractivity (Wildman–Crippen MR) is 121 cm³/mol. The maximum absolute atomic E-state index is 13.3. The molecule has 5 rings (SSSR count). The molecule has 7 heteroatoms. The number of benzene rings is 2. The van der Waals surface area contributed by atoms with Gasteiger partial charge in [-0.15, -0.1) is 0 Å². The van der Waals surface area contributed by atoms with Crippen LogP contribution in [0.3, 0.4) is 0 Å². The molecule has 1 aliphatic rings. The Balaban J connectivity index is 1.35. The summed E-state index contributed by atoms with van der Waals surface area (Å²) >= 11 is 6.09. The van der Waals surface area contributed by atoms with E-state index in [2.05, 4.69) is 16.9 Å². The van der Waals surface area contributed by atoms with Crippen molar-refractivity contribution in [2.45, 2.75) is 50.6 Å². The maximum atomic E-state index is 13.3. The van der Waals surface area contributed by atoms with Gasteiger partial charge in [-0.3, -0.25) is 4.98 Å². The van der Waals surface area contributed by atoms with Crippen LogP contribution in [0.1, 0.15) is 61.4 Å². The van der Waals surface area contributed by atoms with Crippen molar-refractivity contribution < 1.29 is 13.2 Å². The molecule has 1 unspecified atom stereocenters. The van der Waals surface area contributed by atoms with E-state index in [9.17, 15) is 13.2 Å². The Kier molecular flexibility index (Phi) is 5.36. The van der Waals surface area contributed by atoms with Crippen LogP contribution in [0.4, 0.5) is 13.2 Å². The number of nitrogens with zero attached hydrogens (tertiary/aromatic N) is 2. The Hall–Kier alpha value is -2.60. The number of rotatable bonds is 3. The molecule has 4 aromatic rings. The summed E-state index contributed by atoms with van der Waals surface area (Å²) < 4.78 is 39.8. The van der Waals surface area contributed by atoms with Crippen LogP contribution in [0.25, 0.3) is 21.9 Å². The first kappa shape index (κ1) is 21.3. The van der Waals surface area contributed by atoms with Crippen LogP contribution >= 0.6 is 11.6 Å². The van der Waals surface area contributed by atoms with Crippen molar-refractivity contribution in [3.63, 3.8) is 0 Å². The summed E-state index contributed by atoms with van der Waals surface area (Å²) in [6.07, 6.45) is 1.25. The van der Waals surface area contributed by atoms with Gasteiger partial charge in [0.1, 0.15) is 5.82 Å². The molecule has 0 aliphatic heterocycles. The summed E-state index contributed by atoms with van der Waals surface area (Å²) in [5, 5.41) is 1.30. The first-order valence-corrected chi connectivity index (χ1v) is 11.3. The zero-order valence-corrected chi connectivity index (χ0v) is 18.3. The third-order valence-corrected chi connectivity index (χ3v) is 7.15. The number of pyridine rings is 1. The van der Waals surface area contributed by atoms with E-state index < -0.39 is 11.7 Å². The molecular weight excluding hydrogens is 435 g/mol. The van der Waals surface area contributed by atoms with Gasteiger partial charge in [0, 0.05) is 22.5 Å². The summed E-state index contributed by atoms with van der Waals surface area (Å²) in [6, 6.07) is 11.4. The second-order valence-corrected chi connectivity index (χ2v) is 9.25. The van der Waals surface area contributed by atoms with Crippen molar-refractivity contribution in [3.05, 3.63) is 70.6 Å². The topological polar surface area (TPSA) is 41.6 Å². The monoisotopic (exact) mass is 457 g/mol. The van der Waals surface area contributed by atoms with Crippen LogP contribution < -0.4 is 0 Å². The molecule has 1 N–H and O–H groups in total. The smallest absolute Gasteiger partial charge is 0.342 e. The van der Waals surface area contributed by atoms with E-state index in [4.69, 9.17) is 16.6 Å². The van der Waals surface area contributed by atoms with Crippen LogP contribution in [0.5, 0.6) is 0 Å². The molecule has 2 aromatic heterocycles. The van der Waals surface area contributed by atoms with Gasteiger partial charge in [-0.1, -0.05) is 18.5 Å². The second kappa shape index (κ2) is 8.07. The van der Waals surface area contributed by atoms with Crippen molar-refractivity contribution in [2.75, 3.05) is 0 Å². The quantitative estimate of drug-likeness (QED) is 0.340. The summed E-state index contributed by atoms with van der Waals surface area (Å²) in [4.78, 5) is 12.4. The van der Waals surface area contributed by atoms with E-state index in [1.165, 1.54) is 12.1 Å². The number of alkyl halides is 3. The highest BCUT2D eigenvalue weighted by atomic mass is 35.5. The molecular formula is C25H23ClF3N3. The number of fused-ring (bicyclic) bond motifs is 2. The number of hydrogen-bond acceptors (Lipinski definition) is 2. The van der Waals surface area contributed by atoms with E-state index in [0.717, 1.165) is 54.2 Å². The van der Waals surface area contributed by atoms with Crippen LogP contribution in [0.2, 0.25) is 5.02 Å². The predicted octanol–water partition coefficient (Wildman–Crippen LogP) is 7.86. The fraction of sp³-hybridized carbons (Fsp3) is 0.360. The Labute approximate surface area is 189 Å². The highest BCUT2D eigenvalue weighted by Gasteiger charge is 2.32. The van der Waals surface area contributed by atoms with Gasteiger partial charge in [0.05, 0.1) is 22.1 Å². The lowest BCUT2D eigenvalue weighted by Crippen LogP contribution is -2.19. The largest absolute Gasteiger partial charge is 0.416 e. The lowest BCUT2D eigenvalue weighted by Gasteiger charge is -2.32. The number of imidazole rings is 1. The number of H-pyrrole nitrogens is 1. The number of aromatic amines is 1. The minimum Gasteiger partial charge on any atom is -0.342 e. The molecule has 2 aromatic carbocycles. The molecule has 1 fully saturated rings. The minimum atomic E-state index is -4.36. The summed E-state index contributed by atoms with van der Waals surface area (Å²) in [5.41, 5.74) is 2.83. The fourth-order valence-electron chi connectivity index (χ4n) is 5.07. The molecule has 1 aliphatic carbocycles. The van der Waals surface area contributed by atoms with Crippen molar-refractivity contribution >= 4 is 33.5 Å². The van der Waals surface area contributed by atoms with E-state index in [0.29, 0.717) is 21.8 Å². The zero-order valence-electron chi connectivity index (χ0n) is 17.6. The minimum absolute atomic E-state index is 0.238. The second-order valence-electron chi connectivity index (χ2n) is 8.81. The van der Waals surface area contributed by atoms with Gasteiger partial charge in [-0.25, -0.2) is 4.98 Å². The number of hydrogen-bond donors (Lipinski definition) is 1. The Morgan fingerprint density at radius 3 is 2.50 bits per heavy atom. The molecule has 3 nitrogen and oxygen atoms in total. The number of halogens is 4. The van der Waals surface area contributed by atoms with Crippen molar-refractivity contribution in [1.82, 2.24) is 15.0 Å². The van der Waals surface area contributed by atoms with Crippen LogP contribution in [-0.4, -0.2) is 15.0 Å². The SMILES string of the molecule is CC(c1nc2ccc(Cl)cc2[nH]1)[C@H]1CC[C@@H](c2ccnc3ccc(C(F)(F)F)cc32)CC1. The van der Waals surface area contributed by atoms with E-state index in [1.807, 2.05) is 24.3 Å². The molecule has 0 saturated heterocycles. The fourth-order valence-corrected chi connectivity index (χ4v) is 5.24.